The van der Waals surface area contributed by atoms with Gasteiger partial charge in [-0.2, -0.15) is 0 Å². The van der Waals surface area contributed by atoms with Crippen molar-refractivity contribution in [2.75, 3.05) is 0 Å². The van der Waals surface area contributed by atoms with Crippen LogP contribution in [0.3, 0.4) is 0 Å². The molecule has 0 radical (unpaired) electrons. The lowest BCUT2D eigenvalue weighted by Gasteiger charge is -2.42. The molecule has 1 aromatic carbocycles. The van der Waals surface area contributed by atoms with Crippen molar-refractivity contribution in [1.29, 1.82) is 0 Å². The van der Waals surface area contributed by atoms with Crippen LogP contribution in [0.4, 0.5) is 0 Å². The molecule has 2 aliphatic carbocycles. The van der Waals surface area contributed by atoms with Gasteiger partial charge in [0.1, 0.15) is 0 Å². The number of hydrogen-bond donors (Lipinski definition) is 1. The molecule has 0 bridgehead atoms. The van der Waals surface area contributed by atoms with E-state index in [-0.39, 0.29) is 21.8 Å². The number of rotatable bonds is 3. The van der Waals surface area contributed by atoms with Gasteiger partial charge < -0.3 is 5.11 Å². The molecule has 3 nitrogen and oxygen atoms in total. The molecule has 1 aromatic heterocycles. The molecule has 0 aliphatic heterocycles. The van der Waals surface area contributed by atoms with E-state index in [1.807, 2.05) is 6.20 Å². The van der Waals surface area contributed by atoms with Crippen molar-refractivity contribution in [3.8, 4) is 0 Å². The second-order valence-electron chi connectivity index (χ2n) is 9.38. The van der Waals surface area contributed by atoms with Crippen LogP contribution in [0.2, 0.25) is 0 Å². The molecule has 2 aromatic rings. The molecule has 0 unspecified atom stereocenters. The van der Waals surface area contributed by atoms with Crippen LogP contribution >= 0.6 is 0 Å². The Kier molecular flexibility index (Phi) is 3.60. The molecule has 136 valence electrons. The van der Waals surface area contributed by atoms with Crippen LogP contribution in [0.5, 0.6) is 0 Å². The second kappa shape index (κ2) is 5.42. The predicted octanol–water partition coefficient (Wildman–Crippen LogP) is 5.21. The summed E-state index contributed by atoms with van der Waals surface area (Å²) in [5.41, 5.74) is 5.86. The number of hydrogen-bond acceptors (Lipinski definition) is 2. The van der Waals surface area contributed by atoms with Gasteiger partial charge in [0.15, 0.2) is 0 Å². The van der Waals surface area contributed by atoms with Gasteiger partial charge in [-0.1, -0.05) is 45.9 Å². The monoisotopic (exact) mass is 349 g/mol. The number of nitrogens with zero attached hydrogens (tertiary/aromatic N) is 1. The lowest BCUT2D eigenvalue weighted by molar-refractivity contribution is 0.0696. The SMILES string of the molecule is CC1(C)CCC(C)(C)c2cc(C3(c4cncc(C(=O)O)c4)CC3)ccc21. The van der Waals surface area contributed by atoms with Crippen molar-refractivity contribution in [2.45, 2.75) is 69.6 Å². The summed E-state index contributed by atoms with van der Waals surface area (Å²) >= 11 is 0. The van der Waals surface area contributed by atoms with E-state index in [2.05, 4.69) is 50.9 Å². The number of pyridine rings is 1. The number of carboxylic acid groups (broad SMARTS) is 1. The summed E-state index contributed by atoms with van der Waals surface area (Å²) in [7, 11) is 0. The van der Waals surface area contributed by atoms with Crippen molar-refractivity contribution >= 4 is 5.97 Å². The van der Waals surface area contributed by atoms with Gasteiger partial charge in [0.05, 0.1) is 5.56 Å². The summed E-state index contributed by atoms with van der Waals surface area (Å²) in [4.78, 5) is 15.5. The lowest BCUT2D eigenvalue weighted by Crippen LogP contribution is -2.34. The fraction of sp³-hybridized carbons (Fsp3) is 0.478. The minimum absolute atomic E-state index is 0.0643. The van der Waals surface area contributed by atoms with Crippen LogP contribution in [-0.4, -0.2) is 16.1 Å². The maximum Gasteiger partial charge on any atom is 0.337 e. The standard InChI is InChI=1S/C23H27NO2/c1-21(2)7-8-22(3,4)19-12-16(5-6-18(19)21)23(9-10-23)17-11-15(20(25)26)13-24-14-17/h5-6,11-14H,7-10H2,1-4H3,(H,25,26). The fourth-order valence-corrected chi connectivity index (χ4v) is 4.57. The quantitative estimate of drug-likeness (QED) is 0.827. The lowest BCUT2D eigenvalue weighted by atomic mass is 9.62. The van der Waals surface area contributed by atoms with Crippen LogP contribution in [0, 0.1) is 0 Å². The molecule has 1 fully saturated rings. The van der Waals surface area contributed by atoms with E-state index in [1.54, 1.807) is 6.07 Å². The molecule has 0 amide bonds. The highest BCUT2D eigenvalue weighted by Crippen LogP contribution is 2.55. The molecule has 1 saturated carbocycles. The zero-order valence-electron chi connectivity index (χ0n) is 16.1. The number of carbonyl (C=O) groups is 1. The average Bonchev–Trinajstić information content (AvgIpc) is 3.41. The van der Waals surface area contributed by atoms with E-state index in [1.165, 1.54) is 35.7 Å². The summed E-state index contributed by atoms with van der Waals surface area (Å²) in [6, 6.07) is 8.79. The Balaban J connectivity index is 1.82. The van der Waals surface area contributed by atoms with Crippen molar-refractivity contribution in [3.63, 3.8) is 0 Å². The van der Waals surface area contributed by atoms with E-state index in [0.717, 1.165) is 18.4 Å². The summed E-state index contributed by atoms with van der Waals surface area (Å²) in [6.45, 7) is 9.37. The Bertz CT molecular complexity index is 891. The number of benzene rings is 1. The zero-order chi connectivity index (χ0) is 18.7. The maximum atomic E-state index is 11.3. The second-order valence-corrected chi connectivity index (χ2v) is 9.38. The molecule has 3 heteroatoms. The first-order valence-electron chi connectivity index (χ1n) is 9.50. The molecule has 2 aliphatic rings. The number of fused-ring (bicyclic) bond motifs is 1. The Labute approximate surface area is 155 Å². The van der Waals surface area contributed by atoms with Crippen LogP contribution in [0.15, 0.2) is 36.7 Å². The number of aromatic carboxylic acids is 1. The Morgan fingerprint density at radius 3 is 2.15 bits per heavy atom. The van der Waals surface area contributed by atoms with Gasteiger partial charge in [-0.25, -0.2) is 4.79 Å². The molecule has 0 atom stereocenters. The topological polar surface area (TPSA) is 50.2 Å². The molecule has 0 saturated heterocycles. The van der Waals surface area contributed by atoms with Crippen molar-refractivity contribution in [1.82, 2.24) is 4.98 Å². The molecule has 4 rings (SSSR count). The van der Waals surface area contributed by atoms with E-state index in [4.69, 9.17) is 0 Å². The molecular weight excluding hydrogens is 322 g/mol. The van der Waals surface area contributed by atoms with E-state index in [9.17, 15) is 9.90 Å². The van der Waals surface area contributed by atoms with Crippen LogP contribution in [-0.2, 0) is 16.2 Å². The highest BCUT2D eigenvalue weighted by Gasteiger charge is 2.47. The van der Waals surface area contributed by atoms with Crippen molar-refractivity contribution in [3.05, 3.63) is 64.5 Å². The van der Waals surface area contributed by atoms with Gasteiger partial charge in [0.25, 0.3) is 0 Å². The molecular formula is C23H27NO2. The van der Waals surface area contributed by atoms with E-state index < -0.39 is 5.97 Å². The largest absolute Gasteiger partial charge is 0.478 e. The fourth-order valence-electron chi connectivity index (χ4n) is 4.57. The maximum absolute atomic E-state index is 11.3. The van der Waals surface area contributed by atoms with Gasteiger partial charge >= 0.3 is 5.97 Å². The van der Waals surface area contributed by atoms with Crippen LogP contribution < -0.4 is 0 Å². The summed E-state index contributed by atoms with van der Waals surface area (Å²) < 4.78 is 0. The van der Waals surface area contributed by atoms with Gasteiger partial charge in [-0.3, -0.25) is 4.98 Å². The van der Waals surface area contributed by atoms with Crippen LogP contribution in [0.25, 0.3) is 0 Å². The first-order chi connectivity index (χ1) is 12.2. The van der Waals surface area contributed by atoms with E-state index in [0.29, 0.717) is 0 Å². The first kappa shape index (κ1) is 17.3. The molecule has 1 N–H and O–H groups in total. The molecule has 26 heavy (non-hydrogen) atoms. The van der Waals surface area contributed by atoms with Crippen molar-refractivity contribution in [2.24, 2.45) is 0 Å². The van der Waals surface area contributed by atoms with Gasteiger partial charge in [0.2, 0.25) is 0 Å². The predicted molar refractivity (Wildman–Crippen MR) is 103 cm³/mol. The normalized spacial score (nSPS) is 21.7. The third-order valence-electron chi connectivity index (χ3n) is 6.69. The highest BCUT2D eigenvalue weighted by atomic mass is 16.4. The zero-order valence-corrected chi connectivity index (χ0v) is 16.1. The highest BCUT2D eigenvalue weighted by molar-refractivity contribution is 5.87. The molecule has 1 heterocycles. The van der Waals surface area contributed by atoms with Gasteiger partial charge in [-0.15, -0.1) is 0 Å². The third-order valence-corrected chi connectivity index (χ3v) is 6.69. The third kappa shape index (κ3) is 2.56. The van der Waals surface area contributed by atoms with Gasteiger partial charge in [0, 0.05) is 17.8 Å². The molecule has 0 spiro atoms. The Hall–Kier alpha value is -2.16. The summed E-state index contributed by atoms with van der Waals surface area (Å²) in [6.07, 6.45) is 7.79. The number of carboxylic acids is 1. The van der Waals surface area contributed by atoms with Gasteiger partial charge in [-0.05, 0) is 64.8 Å². The smallest absolute Gasteiger partial charge is 0.337 e. The van der Waals surface area contributed by atoms with E-state index >= 15 is 0 Å². The number of aromatic nitrogens is 1. The Morgan fingerprint density at radius 1 is 0.885 bits per heavy atom. The minimum atomic E-state index is -0.913. The average molecular weight is 349 g/mol. The van der Waals surface area contributed by atoms with Crippen LogP contribution in [0.1, 0.15) is 86.0 Å². The van der Waals surface area contributed by atoms with Crippen molar-refractivity contribution < 1.29 is 9.90 Å². The summed E-state index contributed by atoms with van der Waals surface area (Å²) in [5.74, 6) is -0.913. The summed E-state index contributed by atoms with van der Waals surface area (Å²) in [5, 5.41) is 9.31. The minimum Gasteiger partial charge on any atom is -0.478 e. The Morgan fingerprint density at radius 2 is 1.54 bits per heavy atom. The first-order valence-corrected chi connectivity index (χ1v) is 9.50.